The minimum atomic E-state index is -0.930. The molecule has 154 valence electrons. The van der Waals surface area contributed by atoms with Crippen LogP contribution in [0.25, 0.3) is 22.2 Å². The number of hydrogen-bond acceptors (Lipinski definition) is 4. The smallest absolute Gasteiger partial charge is 0.339 e. The van der Waals surface area contributed by atoms with Crippen LogP contribution in [0.3, 0.4) is 0 Å². The van der Waals surface area contributed by atoms with Crippen molar-refractivity contribution in [2.24, 2.45) is 0 Å². The molecule has 0 saturated heterocycles. The number of rotatable bonds is 5. The van der Waals surface area contributed by atoms with Gasteiger partial charge < -0.3 is 4.74 Å². The molecule has 0 saturated carbocycles. The molecule has 4 aromatic rings. The standard InChI is InChI=1S/C26H20ClNO3/c1-16-11-13-18(14-12-16)23-15-21(20-9-6-10-22(27)24(20)28-23)26(30)31-17(2)25(29)19-7-4-3-5-8-19/h3-15,17H,1-2H3/t17-/m1/s1. The maximum absolute atomic E-state index is 13.1. The third kappa shape index (κ3) is 4.35. The van der Waals surface area contributed by atoms with Crippen molar-refractivity contribution in [2.45, 2.75) is 20.0 Å². The Morgan fingerprint density at radius 3 is 2.35 bits per heavy atom. The summed E-state index contributed by atoms with van der Waals surface area (Å²) in [6.45, 7) is 3.58. The fourth-order valence-electron chi connectivity index (χ4n) is 3.37. The van der Waals surface area contributed by atoms with Crippen LogP contribution >= 0.6 is 11.6 Å². The molecule has 0 aliphatic carbocycles. The highest BCUT2D eigenvalue weighted by Gasteiger charge is 2.23. The van der Waals surface area contributed by atoms with Crippen molar-refractivity contribution in [3.8, 4) is 11.3 Å². The van der Waals surface area contributed by atoms with Crippen molar-refractivity contribution in [3.63, 3.8) is 0 Å². The summed E-state index contributed by atoms with van der Waals surface area (Å²) >= 11 is 6.39. The molecule has 4 rings (SSSR count). The van der Waals surface area contributed by atoms with Crippen molar-refractivity contribution in [2.75, 3.05) is 0 Å². The maximum Gasteiger partial charge on any atom is 0.339 e. The van der Waals surface area contributed by atoms with Gasteiger partial charge in [-0.2, -0.15) is 0 Å². The molecular formula is C26H20ClNO3. The number of aromatic nitrogens is 1. The van der Waals surface area contributed by atoms with Crippen LogP contribution in [0.1, 0.15) is 33.2 Å². The molecule has 1 aromatic heterocycles. The normalized spacial score (nSPS) is 11.8. The fraction of sp³-hybridized carbons (Fsp3) is 0.115. The fourth-order valence-corrected chi connectivity index (χ4v) is 3.59. The second-order valence-corrected chi connectivity index (χ2v) is 7.74. The highest BCUT2D eigenvalue weighted by Crippen LogP contribution is 2.30. The highest BCUT2D eigenvalue weighted by atomic mass is 35.5. The monoisotopic (exact) mass is 429 g/mol. The number of halogens is 1. The van der Waals surface area contributed by atoms with Crippen molar-refractivity contribution in [1.82, 2.24) is 4.98 Å². The van der Waals surface area contributed by atoms with E-state index in [9.17, 15) is 9.59 Å². The maximum atomic E-state index is 13.1. The number of benzene rings is 3. The van der Waals surface area contributed by atoms with Crippen LogP contribution in [0.4, 0.5) is 0 Å². The van der Waals surface area contributed by atoms with E-state index in [4.69, 9.17) is 16.3 Å². The number of esters is 1. The Bertz CT molecular complexity index is 1270. The number of nitrogens with zero attached hydrogens (tertiary/aromatic N) is 1. The van der Waals surface area contributed by atoms with Crippen LogP contribution in [-0.4, -0.2) is 22.8 Å². The average Bonchev–Trinajstić information content (AvgIpc) is 2.79. The number of Topliss-reactive ketones (excluding diaryl/α,β-unsaturated/α-hetero) is 1. The lowest BCUT2D eigenvalue weighted by molar-refractivity contribution is 0.0320. The highest BCUT2D eigenvalue weighted by molar-refractivity contribution is 6.35. The van der Waals surface area contributed by atoms with Crippen molar-refractivity contribution < 1.29 is 14.3 Å². The number of ether oxygens (including phenoxy) is 1. The van der Waals surface area contributed by atoms with E-state index in [-0.39, 0.29) is 5.78 Å². The van der Waals surface area contributed by atoms with Gasteiger partial charge in [0.15, 0.2) is 6.10 Å². The van der Waals surface area contributed by atoms with Gasteiger partial charge in [0.2, 0.25) is 5.78 Å². The Morgan fingerprint density at radius 2 is 1.65 bits per heavy atom. The minimum absolute atomic E-state index is 0.260. The minimum Gasteiger partial charge on any atom is -0.451 e. The number of hydrogen-bond donors (Lipinski definition) is 0. The molecule has 3 aromatic carbocycles. The molecule has 0 radical (unpaired) electrons. The first-order valence-corrected chi connectivity index (χ1v) is 10.3. The lowest BCUT2D eigenvalue weighted by atomic mass is 10.0. The van der Waals surface area contributed by atoms with E-state index >= 15 is 0 Å². The molecule has 0 unspecified atom stereocenters. The second kappa shape index (κ2) is 8.70. The number of fused-ring (bicyclic) bond motifs is 1. The number of carbonyl (C=O) groups is 2. The summed E-state index contributed by atoms with van der Waals surface area (Å²) in [5, 5.41) is 1.02. The average molecular weight is 430 g/mol. The predicted octanol–water partition coefficient (Wildman–Crippen LogP) is 6.29. The molecule has 1 heterocycles. The molecule has 5 heteroatoms. The van der Waals surface area contributed by atoms with Gasteiger partial charge in [-0.1, -0.05) is 83.9 Å². The molecule has 0 N–H and O–H groups in total. The molecule has 4 nitrogen and oxygen atoms in total. The van der Waals surface area contributed by atoms with E-state index in [1.54, 1.807) is 55.5 Å². The van der Waals surface area contributed by atoms with E-state index in [1.165, 1.54) is 0 Å². The number of ketones is 1. The first kappa shape index (κ1) is 20.8. The summed E-state index contributed by atoms with van der Waals surface area (Å²) in [6, 6.07) is 23.5. The quantitative estimate of drug-likeness (QED) is 0.276. The van der Waals surface area contributed by atoms with Gasteiger partial charge in [-0.25, -0.2) is 9.78 Å². The first-order valence-electron chi connectivity index (χ1n) is 9.90. The van der Waals surface area contributed by atoms with Crippen LogP contribution in [0.2, 0.25) is 5.02 Å². The Balaban J connectivity index is 1.73. The molecule has 0 spiro atoms. The number of pyridine rings is 1. The largest absolute Gasteiger partial charge is 0.451 e. The van der Waals surface area contributed by atoms with Gasteiger partial charge in [0, 0.05) is 16.5 Å². The van der Waals surface area contributed by atoms with Crippen molar-refractivity contribution >= 4 is 34.3 Å². The summed E-state index contributed by atoms with van der Waals surface area (Å²) in [5.41, 5.74) is 3.90. The van der Waals surface area contributed by atoms with Gasteiger partial charge in [0.1, 0.15) is 0 Å². The van der Waals surface area contributed by atoms with Gasteiger partial charge in [0.25, 0.3) is 0 Å². The van der Waals surface area contributed by atoms with Crippen molar-refractivity contribution in [1.29, 1.82) is 0 Å². The Morgan fingerprint density at radius 1 is 0.935 bits per heavy atom. The molecular weight excluding hydrogens is 410 g/mol. The zero-order valence-electron chi connectivity index (χ0n) is 17.1. The molecule has 0 aliphatic rings. The number of carbonyl (C=O) groups excluding carboxylic acids is 2. The zero-order valence-corrected chi connectivity index (χ0v) is 17.9. The summed E-state index contributed by atoms with van der Waals surface area (Å²) < 4.78 is 5.55. The van der Waals surface area contributed by atoms with Crippen LogP contribution in [0.15, 0.2) is 78.9 Å². The Labute approximate surface area is 185 Å². The summed E-state index contributed by atoms with van der Waals surface area (Å²) in [5.74, 6) is -0.857. The van der Waals surface area contributed by atoms with E-state index in [1.807, 2.05) is 37.3 Å². The third-order valence-corrected chi connectivity index (χ3v) is 5.37. The van der Waals surface area contributed by atoms with E-state index in [0.717, 1.165) is 11.1 Å². The molecule has 31 heavy (non-hydrogen) atoms. The van der Waals surface area contributed by atoms with Gasteiger partial charge in [-0.05, 0) is 26.0 Å². The molecule has 0 fully saturated rings. The van der Waals surface area contributed by atoms with Gasteiger partial charge >= 0.3 is 5.97 Å². The predicted molar refractivity (Wildman–Crippen MR) is 123 cm³/mol. The molecule has 0 amide bonds. The topological polar surface area (TPSA) is 56.3 Å². The first-order chi connectivity index (χ1) is 14.9. The summed E-state index contributed by atoms with van der Waals surface area (Å²) in [7, 11) is 0. The van der Waals surface area contributed by atoms with Crippen LogP contribution in [-0.2, 0) is 4.74 Å². The molecule has 1 atom stereocenters. The Kier molecular flexibility index (Phi) is 5.83. The molecule has 0 bridgehead atoms. The number of para-hydroxylation sites is 1. The number of aryl methyl sites for hydroxylation is 1. The van der Waals surface area contributed by atoms with Crippen LogP contribution in [0, 0.1) is 6.92 Å². The van der Waals surface area contributed by atoms with Gasteiger partial charge in [-0.15, -0.1) is 0 Å². The van der Waals surface area contributed by atoms with Crippen molar-refractivity contribution in [3.05, 3.63) is 101 Å². The zero-order chi connectivity index (χ0) is 22.0. The lowest BCUT2D eigenvalue weighted by Crippen LogP contribution is -2.24. The summed E-state index contributed by atoms with van der Waals surface area (Å²) in [4.78, 5) is 30.4. The van der Waals surface area contributed by atoms with Crippen LogP contribution < -0.4 is 0 Å². The molecule has 0 aliphatic heterocycles. The van der Waals surface area contributed by atoms with E-state index in [0.29, 0.717) is 32.7 Å². The van der Waals surface area contributed by atoms with Gasteiger partial charge in [-0.3, -0.25) is 4.79 Å². The van der Waals surface area contributed by atoms with E-state index in [2.05, 4.69) is 4.98 Å². The second-order valence-electron chi connectivity index (χ2n) is 7.33. The van der Waals surface area contributed by atoms with Gasteiger partial charge in [0.05, 0.1) is 21.8 Å². The van der Waals surface area contributed by atoms with E-state index < -0.39 is 12.1 Å². The Hall–Kier alpha value is -3.50. The third-order valence-electron chi connectivity index (χ3n) is 5.07. The summed E-state index contributed by atoms with van der Waals surface area (Å²) in [6.07, 6.45) is -0.930. The SMILES string of the molecule is Cc1ccc(-c2cc(C(=O)O[C@H](C)C(=O)c3ccccc3)c3cccc(Cl)c3n2)cc1. The lowest BCUT2D eigenvalue weighted by Gasteiger charge is -2.15. The van der Waals surface area contributed by atoms with Crippen LogP contribution in [0.5, 0.6) is 0 Å².